The highest BCUT2D eigenvalue weighted by atomic mass is 35.5. The van der Waals surface area contributed by atoms with Gasteiger partial charge in [0.25, 0.3) is 0 Å². The number of benzene rings is 2. The predicted molar refractivity (Wildman–Crippen MR) is 347 cm³/mol. The quantitative estimate of drug-likeness (QED) is 0.0269. The second-order valence-corrected chi connectivity index (χ2v) is 26.1. The summed E-state index contributed by atoms with van der Waals surface area (Å²) in [6, 6.07) is 16.7. The summed E-state index contributed by atoms with van der Waals surface area (Å²) in [6.45, 7) is 9.63. The molecule has 502 valence electrons. The normalized spacial score (nSPS) is 26.7. The number of aromatic nitrogens is 12. The number of ether oxygens (including phenoxy) is 5. The molecular weight excluding hydrogens is 1300 g/mol. The van der Waals surface area contributed by atoms with Crippen LogP contribution in [0.15, 0.2) is 79.6 Å². The van der Waals surface area contributed by atoms with Gasteiger partial charge in [0.2, 0.25) is 17.8 Å². The molecule has 0 radical (unpaired) electrons. The Labute approximate surface area is 550 Å². The van der Waals surface area contributed by atoms with Gasteiger partial charge in [0.1, 0.15) is 64.0 Å². The molecule has 9 heterocycles. The van der Waals surface area contributed by atoms with Crippen molar-refractivity contribution in [2.24, 2.45) is 5.92 Å². The van der Waals surface area contributed by atoms with Crippen LogP contribution in [0.4, 0.5) is 17.8 Å². The molecule has 14 atom stereocenters. The molecule has 3 fully saturated rings. The van der Waals surface area contributed by atoms with Gasteiger partial charge >= 0.3 is 18.6 Å². The lowest BCUT2D eigenvalue weighted by Gasteiger charge is -2.33. The molecule has 0 aliphatic carbocycles. The molecule has 3 saturated heterocycles. The number of nitrogens with one attached hydrogen (secondary N) is 1. The van der Waals surface area contributed by atoms with E-state index < -0.39 is 91.1 Å². The summed E-state index contributed by atoms with van der Waals surface area (Å²) in [5, 5.41) is 55.1. The van der Waals surface area contributed by atoms with E-state index in [1.807, 2.05) is 32.9 Å². The van der Waals surface area contributed by atoms with Gasteiger partial charge < -0.3 is 75.5 Å². The molecule has 6 aromatic heterocycles. The van der Waals surface area contributed by atoms with Gasteiger partial charge in [-0.15, -0.1) is 0 Å². The highest BCUT2D eigenvalue weighted by Gasteiger charge is 2.57. The van der Waals surface area contributed by atoms with Crippen molar-refractivity contribution in [3.8, 4) is 5.75 Å². The van der Waals surface area contributed by atoms with Gasteiger partial charge in [-0.1, -0.05) is 107 Å². The average molecular weight is 1380 g/mol. The van der Waals surface area contributed by atoms with Crippen LogP contribution >= 0.6 is 41.4 Å². The third-order valence-corrected chi connectivity index (χ3v) is 18.3. The van der Waals surface area contributed by atoms with Crippen molar-refractivity contribution in [3.63, 3.8) is 0 Å². The molecule has 0 amide bonds. The number of esters is 2. The Morgan fingerprint density at radius 1 is 0.685 bits per heavy atom. The summed E-state index contributed by atoms with van der Waals surface area (Å²) >= 11 is 23.9. The maximum absolute atomic E-state index is 12.9. The number of halogens is 3. The molecule has 2 aromatic carbocycles. The van der Waals surface area contributed by atoms with E-state index in [2.05, 4.69) is 49.9 Å². The molecule has 0 spiro atoms. The Morgan fingerprint density at radius 2 is 1.10 bits per heavy atom. The first-order valence-electron chi connectivity index (χ1n) is 27.6. The third-order valence-electron chi connectivity index (χ3n) is 15.1. The monoisotopic (exact) mass is 1380 g/mol. The Bertz CT molecular complexity index is 3900. The van der Waals surface area contributed by atoms with Crippen LogP contribution in [0.2, 0.25) is 15.5 Å². The smallest absolute Gasteiger partial charge is 0.338 e. The first-order valence-corrected chi connectivity index (χ1v) is 31.4. The van der Waals surface area contributed by atoms with Gasteiger partial charge in [-0.2, -0.15) is 29.9 Å². The SMILES string of the molecule is C.C.C.CC(C)OC(=O)[C@H](C)NP(=S)(OC[C@H]1O[C@@H](n2cnc3c(Cl)nc(N)nc32)[C@](C)(O)[C@@H]1O)Oc1ccccc1.CC[C@H]1O[C@@H](n2cnc3c(Cl)nc(N)nc32)[C@](C)(OC(=O)c2ccccc2)[C@@H]1C.C[C@@]1(O)[C@H](O)[C@@H](CO)O[C@H]1n1cnc2c(Cl)nc(N)nc21. The van der Waals surface area contributed by atoms with Gasteiger partial charge in [0, 0.05) is 5.92 Å². The topological polar surface area (TPSA) is 421 Å². The second kappa shape index (κ2) is 29.7. The van der Waals surface area contributed by atoms with Gasteiger partial charge in [-0.25, -0.2) is 24.8 Å². The van der Waals surface area contributed by atoms with Gasteiger partial charge in [0.15, 0.2) is 56.7 Å². The predicted octanol–water partition coefficient (Wildman–Crippen LogP) is 6.91. The maximum atomic E-state index is 12.9. The van der Waals surface area contributed by atoms with Crippen LogP contribution in [-0.4, -0.2) is 169 Å². The average Bonchev–Trinajstić information content (AvgIpc) is 1.60. The van der Waals surface area contributed by atoms with Crippen LogP contribution in [0.3, 0.4) is 0 Å². The van der Waals surface area contributed by atoms with Crippen LogP contribution in [0.1, 0.15) is 113 Å². The molecule has 0 saturated carbocycles. The van der Waals surface area contributed by atoms with Crippen molar-refractivity contribution in [2.75, 3.05) is 30.4 Å². The molecule has 1 unspecified atom stereocenters. The first-order chi connectivity index (χ1) is 42.0. The standard InChI is InChI=1S/C23H30ClN6O7PS.C20H22ClN5O3.C11H14ClN5O4.3CH4/c1-12(2)35-20(32)13(3)29-38(39,37-14-8-6-5-7-9-14)34-10-15-17(31)23(4,33)21(36-15)30-11-26-16-18(24)27-22(25)28-19(16)30;1-4-13-11(2)20(3,29-17(27)12-8-6-5-7-9-12)18(28-13)26-10-23-14-15(21)24-19(22)25-16(14)26;1-11(20)6(19)4(2-18)21-9(11)17-3-14-5-7(12)15-10(13)16-8(5)17;;;/h5-9,11-13,15,17,21,31,33H,10H2,1-4H3,(H,29,39)(H2,25,27,28);5-11,13,18H,4H2,1-3H3,(H2,22,24,25);3-4,6,9,18-20H,2H2,1H3,(H2,13,15,16);3*1H4/t13-,15+,17+,21+,23+,38?;11-,13-,18-,20-;4-,6-,9-,11-;;;/m011.../s1. The summed E-state index contributed by atoms with van der Waals surface area (Å²) < 4.78 is 45.6. The van der Waals surface area contributed by atoms with Crippen LogP contribution in [0, 0.1) is 5.92 Å². The largest absolute Gasteiger partial charge is 0.462 e. The number of imidazole rings is 3. The number of nitrogens with two attached hydrogens (primary N) is 3. The number of fused-ring (bicyclic) bond motifs is 3. The summed E-state index contributed by atoms with van der Waals surface area (Å²) in [7, 11) is 0. The van der Waals surface area contributed by atoms with Crippen LogP contribution in [0.25, 0.3) is 33.5 Å². The zero-order valence-corrected chi connectivity index (χ0v) is 53.0. The molecule has 3 aliphatic rings. The number of hydrogen-bond donors (Lipinski definition) is 9. The van der Waals surface area contributed by atoms with E-state index in [0.29, 0.717) is 28.0 Å². The Balaban J connectivity index is 0.000000225. The Morgan fingerprint density at radius 3 is 1.52 bits per heavy atom. The van der Waals surface area contributed by atoms with E-state index >= 15 is 0 Å². The highest BCUT2D eigenvalue weighted by Crippen LogP contribution is 2.50. The van der Waals surface area contributed by atoms with Gasteiger partial charge in [0.05, 0.1) is 50.0 Å². The van der Waals surface area contributed by atoms with E-state index in [1.165, 1.54) is 35.6 Å². The number of nitrogens with zero attached hydrogens (tertiary/aromatic N) is 12. The van der Waals surface area contributed by atoms with E-state index in [-0.39, 0.29) is 97.1 Å². The Kier molecular flexibility index (Phi) is 24.1. The van der Waals surface area contributed by atoms with E-state index in [0.717, 1.165) is 6.42 Å². The minimum Gasteiger partial charge on any atom is -0.462 e. The van der Waals surface area contributed by atoms with Crippen LogP contribution in [0.5, 0.6) is 5.75 Å². The fourth-order valence-corrected chi connectivity index (χ4v) is 13.3. The lowest BCUT2D eigenvalue weighted by molar-refractivity contribution is -0.149. The summed E-state index contributed by atoms with van der Waals surface area (Å²) in [4.78, 5) is 61.9. The fraction of sp³-hybridized carbons (Fsp3) is 0.491. The summed E-state index contributed by atoms with van der Waals surface area (Å²) in [5.41, 5.74) is 15.0. The Hall–Kier alpha value is -6.65. The summed E-state index contributed by atoms with van der Waals surface area (Å²) in [5.74, 6) is -0.723. The number of anilines is 3. The van der Waals surface area contributed by atoms with Crippen LogP contribution < -0.4 is 26.8 Å². The zero-order chi connectivity index (χ0) is 64.7. The minimum absolute atomic E-state index is 0. The number of rotatable bonds is 16. The van der Waals surface area contributed by atoms with Crippen molar-refractivity contribution in [1.82, 2.24) is 63.6 Å². The minimum atomic E-state index is -3.41. The van der Waals surface area contributed by atoms with E-state index in [4.69, 9.17) is 96.5 Å². The lowest BCUT2D eigenvalue weighted by atomic mass is 9.86. The number of hydrogen-bond acceptors (Lipinski definition) is 27. The van der Waals surface area contributed by atoms with Crippen molar-refractivity contribution in [3.05, 3.63) is 101 Å². The number of carbonyl (C=O) groups is 2. The molecule has 35 heteroatoms. The number of nitrogen functional groups attached to an aromatic ring is 3. The molecule has 11 rings (SSSR count). The van der Waals surface area contributed by atoms with E-state index in [9.17, 15) is 35.1 Å². The molecule has 30 nitrogen and oxygen atoms in total. The summed E-state index contributed by atoms with van der Waals surface area (Å²) in [6.07, 6.45) is -2.85. The number of carbonyl (C=O) groups excluding carboxylic acids is 2. The highest BCUT2D eigenvalue weighted by molar-refractivity contribution is 8.09. The van der Waals surface area contributed by atoms with Crippen molar-refractivity contribution in [2.45, 2.75) is 162 Å². The fourth-order valence-electron chi connectivity index (χ4n) is 10.3. The molecule has 0 bridgehead atoms. The maximum Gasteiger partial charge on any atom is 0.338 e. The van der Waals surface area contributed by atoms with Crippen molar-refractivity contribution >= 4 is 117 Å². The van der Waals surface area contributed by atoms with Crippen molar-refractivity contribution < 1.29 is 67.9 Å². The van der Waals surface area contributed by atoms with Gasteiger partial charge in [-0.05, 0) is 84.0 Å². The molecule has 92 heavy (non-hydrogen) atoms. The molecule has 3 aliphatic heterocycles. The second-order valence-electron chi connectivity index (χ2n) is 21.9. The van der Waals surface area contributed by atoms with Crippen LogP contribution in [-0.2, 0) is 44.8 Å². The first kappa shape index (κ1) is 74.4. The molecule has 8 aromatic rings. The lowest BCUT2D eigenvalue weighted by Crippen LogP contribution is -2.44. The molecule has 12 N–H and O–H groups in total. The number of aliphatic hydroxyl groups is 5. The number of aliphatic hydroxyl groups excluding tert-OH is 3. The zero-order valence-electron chi connectivity index (χ0n) is 49.0. The van der Waals surface area contributed by atoms with Gasteiger partial charge in [-0.3, -0.25) is 18.5 Å². The third kappa shape index (κ3) is 15.1. The molecular formula is C57H78Cl3N16O14PS. The number of para-hydroxylation sites is 1. The van der Waals surface area contributed by atoms with E-state index in [1.54, 1.807) is 80.2 Å². The van der Waals surface area contributed by atoms with Crippen molar-refractivity contribution in [1.29, 1.82) is 0 Å².